The lowest BCUT2D eigenvalue weighted by molar-refractivity contribution is -0.114. The van der Waals surface area contributed by atoms with E-state index in [0.717, 1.165) is 35.0 Å². The van der Waals surface area contributed by atoms with Crippen molar-refractivity contribution < 1.29 is 13.6 Å². The minimum absolute atomic E-state index is 0.0731. The van der Waals surface area contributed by atoms with Crippen LogP contribution in [0, 0.1) is 25.5 Å². The van der Waals surface area contributed by atoms with Crippen LogP contribution in [0.4, 0.5) is 20.2 Å². The monoisotopic (exact) mass is 290 g/mol. The van der Waals surface area contributed by atoms with E-state index in [-0.39, 0.29) is 18.1 Å². The van der Waals surface area contributed by atoms with Crippen LogP contribution < -0.4 is 10.6 Å². The normalized spacial score (nSPS) is 10.3. The van der Waals surface area contributed by atoms with Crippen LogP contribution in [0.3, 0.4) is 0 Å². The molecule has 0 bridgehead atoms. The third-order valence-corrected chi connectivity index (χ3v) is 3.19. The number of anilines is 2. The lowest BCUT2D eigenvalue weighted by Gasteiger charge is -2.11. The van der Waals surface area contributed by atoms with Gasteiger partial charge in [0.25, 0.3) is 0 Å². The first kappa shape index (κ1) is 15.0. The number of halogens is 2. The molecule has 0 saturated carbocycles. The van der Waals surface area contributed by atoms with Gasteiger partial charge in [0, 0.05) is 17.4 Å². The second kappa shape index (κ2) is 6.35. The van der Waals surface area contributed by atoms with E-state index >= 15 is 0 Å². The quantitative estimate of drug-likeness (QED) is 0.902. The van der Waals surface area contributed by atoms with E-state index in [1.165, 1.54) is 0 Å². The third kappa shape index (κ3) is 4.02. The van der Waals surface area contributed by atoms with Gasteiger partial charge in [-0.2, -0.15) is 0 Å². The van der Waals surface area contributed by atoms with E-state index in [0.29, 0.717) is 0 Å². The number of carbonyl (C=O) groups is 1. The van der Waals surface area contributed by atoms with Crippen LogP contribution >= 0.6 is 0 Å². The minimum atomic E-state index is -0.688. The molecular formula is C16H16F2N2O. The first-order chi connectivity index (χ1) is 9.95. The summed E-state index contributed by atoms with van der Waals surface area (Å²) in [5.41, 5.74) is 3.02. The molecule has 0 heterocycles. The van der Waals surface area contributed by atoms with Crippen LogP contribution in [0.1, 0.15) is 11.1 Å². The summed E-state index contributed by atoms with van der Waals surface area (Å²) in [5, 5.41) is 5.45. The molecule has 2 N–H and O–H groups in total. The summed E-state index contributed by atoms with van der Waals surface area (Å²) in [6.07, 6.45) is 0. The Balaban J connectivity index is 1.97. The molecular weight excluding hydrogens is 274 g/mol. The molecule has 0 fully saturated rings. The van der Waals surface area contributed by atoms with Crippen LogP contribution in [-0.4, -0.2) is 12.5 Å². The van der Waals surface area contributed by atoms with Crippen LogP contribution in [0.5, 0.6) is 0 Å². The van der Waals surface area contributed by atoms with Crippen molar-refractivity contribution in [2.75, 3.05) is 17.2 Å². The van der Waals surface area contributed by atoms with Crippen LogP contribution in [0.25, 0.3) is 0 Å². The summed E-state index contributed by atoms with van der Waals surface area (Å²) in [4.78, 5) is 11.9. The number of hydrogen-bond acceptors (Lipinski definition) is 2. The van der Waals surface area contributed by atoms with E-state index in [4.69, 9.17) is 0 Å². The molecule has 21 heavy (non-hydrogen) atoms. The summed E-state index contributed by atoms with van der Waals surface area (Å²) in [7, 11) is 0. The van der Waals surface area contributed by atoms with Crippen molar-refractivity contribution in [2.24, 2.45) is 0 Å². The van der Waals surface area contributed by atoms with Gasteiger partial charge in [-0.1, -0.05) is 12.1 Å². The van der Waals surface area contributed by atoms with Gasteiger partial charge in [0.2, 0.25) is 5.91 Å². The van der Waals surface area contributed by atoms with Crippen molar-refractivity contribution in [3.8, 4) is 0 Å². The van der Waals surface area contributed by atoms with Gasteiger partial charge in [-0.15, -0.1) is 0 Å². The van der Waals surface area contributed by atoms with Gasteiger partial charge in [0.1, 0.15) is 11.6 Å². The fraction of sp³-hybridized carbons (Fsp3) is 0.188. The molecule has 2 rings (SSSR count). The summed E-state index contributed by atoms with van der Waals surface area (Å²) < 4.78 is 26.0. The van der Waals surface area contributed by atoms with Gasteiger partial charge in [-0.3, -0.25) is 4.79 Å². The second-order valence-corrected chi connectivity index (χ2v) is 4.81. The fourth-order valence-electron chi connectivity index (χ4n) is 1.92. The Kier molecular flexibility index (Phi) is 4.52. The van der Waals surface area contributed by atoms with Crippen molar-refractivity contribution >= 4 is 17.3 Å². The van der Waals surface area contributed by atoms with Gasteiger partial charge in [-0.25, -0.2) is 8.78 Å². The molecule has 0 atom stereocenters. The Morgan fingerprint density at radius 3 is 2.43 bits per heavy atom. The van der Waals surface area contributed by atoms with E-state index < -0.39 is 11.6 Å². The van der Waals surface area contributed by atoms with Gasteiger partial charge in [-0.05, 0) is 43.2 Å². The Hall–Kier alpha value is -2.43. The predicted molar refractivity (Wildman–Crippen MR) is 79.4 cm³/mol. The molecule has 0 spiro atoms. The predicted octanol–water partition coefficient (Wildman–Crippen LogP) is 3.63. The highest BCUT2D eigenvalue weighted by molar-refractivity contribution is 5.94. The SMILES string of the molecule is Cc1cccc(NC(=O)CNc2cc(F)cc(F)c2)c1C. The highest BCUT2D eigenvalue weighted by Gasteiger charge is 2.07. The van der Waals surface area contributed by atoms with Crippen molar-refractivity contribution in [1.29, 1.82) is 0 Å². The molecule has 0 aliphatic rings. The maximum Gasteiger partial charge on any atom is 0.243 e. The molecule has 5 heteroatoms. The lowest BCUT2D eigenvalue weighted by Crippen LogP contribution is -2.22. The van der Waals surface area contributed by atoms with E-state index in [1.807, 2.05) is 32.0 Å². The maximum atomic E-state index is 13.0. The van der Waals surface area contributed by atoms with Crippen LogP contribution in [0.15, 0.2) is 36.4 Å². The average molecular weight is 290 g/mol. The highest BCUT2D eigenvalue weighted by atomic mass is 19.1. The number of aryl methyl sites for hydroxylation is 1. The van der Waals surface area contributed by atoms with Gasteiger partial charge in [0.15, 0.2) is 0 Å². The summed E-state index contributed by atoms with van der Waals surface area (Å²) in [6.45, 7) is 3.80. The lowest BCUT2D eigenvalue weighted by atomic mass is 10.1. The van der Waals surface area contributed by atoms with E-state index in [9.17, 15) is 13.6 Å². The molecule has 0 aliphatic heterocycles. The van der Waals surface area contributed by atoms with Crippen LogP contribution in [0.2, 0.25) is 0 Å². The number of nitrogens with one attached hydrogen (secondary N) is 2. The largest absolute Gasteiger partial charge is 0.376 e. The van der Waals surface area contributed by atoms with E-state index in [2.05, 4.69) is 10.6 Å². The van der Waals surface area contributed by atoms with E-state index in [1.54, 1.807) is 0 Å². The Bertz CT molecular complexity index is 651. The van der Waals surface area contributed by atoms with Crippen molar-refractivity contribution in [3.05, 3.63) is 59.2 Å². The number of benzene rings is 2. The summed E-state index contributed by atoms with van der Waals surface area (Å²) in [6, 6.07) is 8.66. The Labute approximate surface area is 122 Å². The Morgan fingerprint density at radius 2 is 1.76 bits per heavy atom. The molecule has 3 nitrogen and oxygen atoms in total. The minimum Gasteiger partial charge on any atom is -0.376 e. The molecule has 2 aromatic rings. The zero-order chi connectivity index (χ0) is 15.4. The number of rotatable bonds is 4. The number of amides is 1. The standard InChI is InChI=1S/C16H16F2N2O/c1-10-4-3-5-15(11(10)2)20-16(21)9-19-14-7-12(17)6-13(18)8-14/h3-8,19H,9H2,1-2H3,(H,20,21). The van der Waals surface area contributed by atoms with Gasteiger partial charge in [0.05, 0.1) is 6.54 Å². The first-order valence-corrected chi connectivity index (χ1v) is 6.52. The smallest absolute Gasteiger partial charge is 0.243 e. The molecule has 2 aromatic carbocycles. The highest BCUT2D eigenvalue weighted by Crippen LogP contribution is 2.18. The second-order valence-electron chi connectivity index (χ2n) is 4.81. The Morgan fingerprint density at radius 1 is 1.10 bits per heavy atom. The topological polar surface area (TPSA) is 41.1 Å². The molecule has 0 radical (unpaired) electrons. The van der Waals surface area contributed by atoms with Crippen molar-refractivity contribution in [3.63, 3.8) is 0 Å². The van der Waals surface area contributed by atoms with Crippen molar-refractivity contribution in [2.45, 2.75) is 13.8 Å². The molecule has 0 saturated heterocycles. The average Bonchev–Trinajstić information content (AvgIpc) is 2.41. The summed E-state index contributed by atoms with van der Waals surface area (Å²) >= 11 is 0. The molecule has 0 aromatic heterocycles. The zero-order valence-corrected chi connectivity index (χ0v) is 11.8. The molecule has 1 amide bonds. The number of carbonyl (C=O) groups excluding carboxylic acids is 1. The van der Waals surface area contributed by atoms with Crippen LogP contribution in [-0.2, 0) is 4.79 Å². The first-order valence-electron chi connectivity index (χ1n) is 6.52. The molecule has 110 valence electrons. The van der Waals surface area contributed by atoms with Gasteiger partial charge < -0.3 is 10.6 Å². The zero-order valence-electron chi connectivity index (χ0n) is 11.8. The molecule has 0 aliphatic carbocycles. The summed E-state index contributed by atoms with van der Waals surface area (Å²) in [5.74, 6) is -1.66. The van der Waals surface area contributed by atoms with Gasteiger partial charge >= 0.3 is 0 Å². The number of hydrogen-bond donors (Lipinski definition) is 2. The molecule has 0 unspecified atom stereocenters. The van der Waals surface area contributed by atoms with Crippen molar-refractivity contribution in [1.82, 2.24) is 0 Å². The fourth-order valence-corrected chi connectivity index (χ4v) is 1.92. The third-order valence-electron chi connectivity index (χ3n) is 3.19. The maximum absolute atomic E-state index is 13.0.